The molecular formula is C22H30N4OS. The molecule has 0 radical (unpaired) electrons. The SMILES string of the molecule is CN=C(NCc1ccccc1N1CCOCC1)NCC(C)Sc1ccccc1. The Kier molecular flexibility index (Phi) is 8.06. The van der Waals surface area contributed by atoms with E-state index in [1.165, 1.54) is 16.1 Å². The third-order valence-electron chi connectivity index (χ3n) is 4.65. The molecule has 150 valence electrons. The van der Waals surface area contributed by atoms with Crippen LogP contribution >= 0.6 is 11.8 Å². The van der Waals surface area contributed by atoms with Gasteiger partial charge in [0.1, 0.15) is 0 Å². The first-order chi connectivity index (χ1) is 13.8. The van der Waals surface area contributed by atoms with E-state index in [0.717, 1.165) is 45.4 Å². The number of guanidine groups is 1. The van der Waals surface area contributed by atoms with Gasteiger partial charge in [-0.15, -0.1) is 11.8 Å². The van der Waals surface area contributed by atoms with Crippen molar-refractivity contribution in [3.05, 3.63) is 60.2 Å². The van der Waals surface area contributed by atoms with Gasteiger partial charge in [-0.25, -0.2) is 0 Å². The second-order valence-electron chi connectivity index (χ2n) is 6.78. The minimum Gasteiger partial charge on any atom is -0.378 e. The standard InChI is InChI=1S/C22H30N4OS/c1-18(28-20-9-4-3-5-10-20)16-24-22(23-2)25-17-19-8-6-7-11-21(19)26-12-14-27-15-13-26/h3-11,18H,12-17H2,1-2H3,(H2,23,24,25). The molecule has 0 bridgehead atoms. The number of anilines is 1. The van der Waals surface area contributed by atoms with Crippen LogP contribution in [0.2, 0.25) is 0 Å². The molecule has 5 nitrogen and oxygen atoms in total. The van der Waals surface area contributed by atoms with Gasteiger partial charge in [0.05, 0.1) is 13.2 Å². The Bertz CT molecular complexity index is 747. The molecule has 2 aromatic rings. The Morgan fingerprint density at radius 1 is 1.07 bits per heavy atom. The fourth-order valence-electron chi connectivity index (χ4n) is 3.19. The van der Waals surface area contributed by atoms with E-state index in [1.807, 2.05) is 24.9 Å². The van der Waals surface area contributed by atoms with Crippen molar-refractivity contribution in [2.24, 2.45) is 4.99 Å². The molecule has 0 amide bonds. The number of benzene rings is 2. The lowest BCUT2D eigenvalue weighted by Crippen LogP contribution is -2.40. The molecule has 1 saturated heterocycles. The monoisotopic (exact) mass is 398 g/mol. The van der Waals surface area contributed by atoms with Gasteiger partial charge in [0.15, 0.2) is 5.96 Å². The molecule has 1 aliphatic heterocycles. The van der Waals surface area contributed by atoms with E-state index >= 15 is 0 Å². The zero-order valence-electron chi connectivity index (χ0n) is 16.7. The Labute approximate surface area is 172 Å². The summed E-state index contributed by atoms with van der Waals surface area (Å²) in [6.45, 7) is 7.30. The largest absolute Gasteiger partial charge is 0.378 e. The molecule has 2 aromatic carbocycles. The Morgan fingerprint density at radius 3 is 2.54 bits per heavy atom. The first-order valence-electron chi connectivity index (χ1n) is 9.83. The van der Waals surface area contributed by atoms with E-state index in [4.69, 9.17) is 4.74 Å². The summed E-state index contributed by atoms with van der Waals surface area (Å²) in [6, 6.07) is 19.1. The molecule has 0 aliphatic carbocycles. The van der Waals surface area contributed by atoms with Gasteiger partial charge in [0.2, 0.25) is 0 Å². The number of hydrogen-bond donors (Lipinski definition) is 2. The molecule has 1 fully saturated rings. The minimum absolute atomic E-state index is 0.446. The molecule has 0 spiro atoms. The Balaban J connectivity index is 1.50. The zero-order valence-corrected chi connectivity index (χ0v) is 17.5. The molecule has 6 heteroatoms. The van der Waals surface area contributed by atoms with E-state index in [1.54, 1.807) is 0 Å². The number of para-hydroxylation sites is 1. The molecule has 0 aromatic heterocycles. The summed E-state index contributed by atoms with van der Waals surface area (Å²) < 4.78 is 5.49. The molecular weight excluding hydrogens is 368 g/mol. The third-order valence-corrected chi connectivity index (χ3v) is 5.76. The van der Waals surface area contributed by atoms with Gasteiger partial charge in [0, 0.05) is 49.1 Å². The minimum atomic E-state index is 0.446. The van der Waals surface area contributed by atoms with E-state index in [2.05, 4.69) is 76.0 Å². The van der Waals surface area contributed by atoms with Crippen LogP contribution in [0.25, 0.3) is 0 Å². The predicted molar refractivity (Wildman–Crippen MR) is 119 cm³/mol. The normalized spacial score (nSPS) is 15.9. The Morgan fingerprint density at radius 2 is 1.79 bits per heavy atom. The lowest BCUT2D eigenvalue weighted by molar-refractivity contribution is 0.122. The summed E-state index contributed by atoms with van der Waals surface area (Å²) in [5.74, 6) is 0.831. The number of hydrogen-bond acceptors (Lipinski definition) is 4. The molecule has 1 heterocycles. The number of thioether (sulfide) groups is 1. The fourth-order valence-corrected chi connectivity index (χ4v) is 4.13. The Hall–Kier alpha value is -2.18. The van der Waals surface area contributed by atoms with E-state index in [9.17, 15) is 0 Å². The molecule has 3 rings (SSSR count). The molecule has 0 saturated carbocycles. The fraction of sp³-hybridized carbons (Fsp3) is 0.409. The summed E-state index contributed by atoms with van der Waals surface area (Å²) in [7, 11) is 1.82. The maximum Gasteiger partial charge on any atom is 0.191 e. The van der Waals surface area contributed by atoms with Crippen molar-refractivity contribution >= 4 is 23.4 Å². The van der Waals surface area contributed by atoms with Crippen LogP contribution in [0.5, 0.6) is 0 Å². The number of rotatable bonds is 7. The molecule has 1 atom stereocenters. The summed E-state index contributed by atoms with van der Waals surface area (Å²) >= 11 is 1.87. The number of nitrogens with zero attached hydrogens (tertiary/aromatic N) is 2. The van der Waals surface area contributed by atoms with Crippen molar-refractivity contribution in [3.63, 3.8) is 0 Å². The second kappa shape index (κ2) is 11.0. The van der Waals surface area contributed by atoms with Crippen molar-refractivity contribution in [3.8, 4) is 0 Å². The van der Waals surface area contributed by atoms with E-state index < -0.39 is 0 Å². The van der Waals surface area contributed by atoms with Gasteiger partial charge in [-0.2, -0.15) is 0 Å². The molecule has 2 N–H and O–H groups in total. The topological polar surface area (TPSA) is 48.9 Å². The summed E-state index contributed by atoms with van der Waals surface area (Å²) in [4.78, 5) is 8.06. The zero-order chi connectivity index (χ0) is 19.6. The summed E-state index contributed by atoms with van der Waals surface area (Å²) in [5.41, 5.74) is 2.56. The lowest BCUT2D eigenvalue weighted by Gasteiger charge is -2.30. The lowest BCUT2D eigenvalue weighted by atomic mass is 10.1. The van der Waals surface area contributed by atoms with Gasteiger partial charge >= 0.3 is 0 Å². The number of morpholine rings is 1. The smallest absolute Gasteiger partial charge is 0.191 e. The van der Waals surface area contributed by atoms with Crippen molar-refractivity contribution in [2.45, 2.75) is 23.6 Å². The highest BCUT2D eigenvalue weighted by molar-refractivity contribution is 8.00. The molecule has 1 unspecified atom stereocenters. The first kappa shape index (κ1) is 20.6. The van der Waals surface area contributed by atoms with Crippen molar-refractivity contribution in [1.29, 1.82) is 0 Å². The third kappa shape index (κ3) is 6.17. The van der Waals surface area contributed by atoms with Crippen LogP contribution in [0.3, 0.4) is 0 Å². The molecule has 1 aliphatic rings. The van der Waals surface area contributed by atoms with Gasteiger partial charge in [-0.05, 0) is 23.8 Å². The summed E-state index contributed by atoms with van der Waals surface area (Å²) in [6.07, 6.45) is 0. The van der Waals surface area contributed by atoms with Crippen LogP contribution in [0.1, 0.15) is 12.5 Å². The van der Waals surface area contributed by atoms with Crippen molar-refractivity contribution < 1.29 is 4.74 Å². The van der Waals surface area contributed by atoms with Crippen LogP contribution in [0, 0.1) is 0 Å². The first-order valence-corrected chi connectivity index (χ1v) is 10.7. The predicted octanol–water partition coefficient (Wildman–Crippen LogP) is 3.37. The van der Waals surface area contributed by atoms with Gasteiger partial charge in [0.25, 0.3) is 0 Å². The van der Waals surface area contributed by atoms with Crippen LogP contribution in [-0.4, -0.2) is 51.1 Å². The van der Waals surface area contributed by atoms with Crippen molar-refractivity contribution in [1.82, 2.24) is 10.6 Å². The molecule has 28 heavy (non-hydrogen) atoms. The van der Waals surface area contributed by atoms with Gasteiger partial charge in [-0.1, -0.05) is 43.3 Å². The van der Waals surface area contributed by atoms with E-state index in [0.29, 0.717) is 5.25 Å². The van der Waals surface area contributed by atoms with E-state index in [-0.39, 0.29) is 0 Å². The van der Waals surface area contributed by atoms with Crippen LogP contribution < -0.4 is 15.5 Å². The van der Waals surface area contributed by atoms with Crippen molar-refractivity contribution in [2.75, 3.05) is 44.8 Å². The average molecular weight is 399 g/mol. The van der Waals surface area contributed by atoms with Gasteiger partial charge < -0.3 is 20.3 Å². The summed E-state index contributed by atoms with van der Waals surface area (Å²) in [5, 5.41) is 7.35. The van der Waals surface area contributed by atoms with Crippen LogP contribution in [0.15, 0.2) is 64.5 Å². The average Bonchev–Trinajstić information content (AvgIpc) is 2.75. The second-order valence-corrected chi connectivity index (χ2v) is 8.29. The number of nitrogens with one attached hydrogen (secondary N) is 2. The van der Waals surface area contributed by atoms with Crippen LogP contribution in [-0.2, 0) is 11.3 Å². The number of ether oxygens (including phenoxy) is 1. The van der Waals surface area contributed by atoms with Gasteiger partial charge in [-0.3, -0.25) is 4.99 Å². The maximum absolute atomic E-state index is 5.49. The quantitative estimate of drug-likeness (QED) is 0.425. The van der Waals surface area contributed by atoms with Crippen LogP contribution in [0.4, 0.5) is 5.69 Å². The maximum atomic E-state index is 5.49. The highest BCUT2D eigenvalue weighted by Crippen LogP contribution is 2.22. The highest BCUT2D eigenvalue weighted by atomic mass is 32.2. The number of aliphatic imine (C=N–C) groups is 1. The highest BCUT2D eigenvalue weighted by Gasteiger charge is 2.14.